The van der Waals surface area contributed by atoms with Crippen molar-refractivity contribution in [2.24, 2.45) is 0 Å². The van der Waals surface area contributed by atoms with Crippen LogP contribution in [0.25, 0.3) is 0 Å². The van der Waals surface area contributed by atoms with E-state index < -0.39 is 17.2 Å². The molecule has 0 radical (unpaired) electrons. The highest BCUT2D eigenvalue weighted by Gasteiger charge is 2.33. The first kappa shape index (κ1) is 14.4. The lowest BCUT2D eigenvalue weighted by Crippen LogP contribution is -2.09. The minimum atomic E-state index is -4.59. The van der Waals surface area contributed by atoms with Gasteiger partial charge in [0.1, 0.15) is 10.1 Å². The Balaban J connectivity index is 2.36. The van der Waals surface area contributed by atoms with Crippen LogP contribution in [0.4, 0.5) is 13.2 Å². The predicted molar refractivity (Wildman–Crippen MR) is 65.4 cm³/mol. The Hall–Kier alpha value is -1.05. The van der Waals surface area contributed by atoms with Gasteiger partial charge in [-0.1, -0.05) is 11.6 Å². The smallest absolute Gasteiger partial charge is 0.248 e. The van der Waals surface area contributed by atoms with Crippen LogP contribution in [0.15, 0.2) is 34.4 Å². The molecule has 0 fully saturated rings. The summed E-state index contributed by atoms with van der Waals surface area (Å²) >= 11 is 12.2. The van der Waals surface area contributed by atoms with Crippen molar-refractivity contribution in [1.29, 1.82) is 0 Å². The minimum Gasteiger partial charge on any atom is -0.248 e. The van der Waals surface area contributed by atoms with E-state index in [0.717, 1.165) is 17.8 Å². The van der Waals surface area contributed by atoms with Crippen LogP contribution in [0, 0.1) is 0 Å². The van der Waals surface area contributed by atoms with Gasteiger partial charge in [-0.3, -0.25) is 0 Å². The Morgan fingerprint density at radius 3 is 2.53 bits per heavy atom. The van der Waals surface area contributed by atoms with Crippen LogP contribution in [-0.4, -0.2) is 15.0 Å². The summed E-state index contributed by atoms with van der Waals surface area (Å²) in [4.78, 5) is 10.8. The number of halogens is 5. The molecule has 0 aliphatic carbocycles. The molecule has 9 heteroatoms. The number of nitrogens with zero attached hydrogens (tertiary/aromatic N) is 3. The highest BCUT2D eigenvalue weighted by Crippen LogP contribution is 2.34. The number of hydrogen-bond donors (Lipinski definition) is 0. The summed E-state index contributed by atoms with van der Waals surface area (Å²) in [5, 5.41) is 0.195. The molecule has 0 saturated heterocycles. The molecule has 2 rings (SSSR count). The summed E-state index contributed by atoms with van der Waals surface area (Å²) in [6.07, 6.45) is -3.11. The fourth-order valence-electron chi connectivity index (χ4n) is 1.14. The predicted octanol–water partition coefficient (Wildman–Crippen LogP) is 4.35. The van der Waals surface area contributed by atoms with Crippen LogP contribution >= 0.6 is 35.0 Å². The quantitative estimate of drug-likeness (QED) is 0.608. The molecule has 0 spiro atoms. The molecule has 3 nitrogen and oxygen atoms in total. The van der Waals surface area contributed by atoms with E-state index in [1.807, 2.05) is 0 Å². The summed E-state index contributed by atoms with van der Waals surface area (Å²) in [5.41, 5.74) is -1.11. The Kier molecular flexibility index (Phi) is 4.17. The van der Waals surface area contributed by atoms with Gasteiger partial charge >= 0.3 is 6.18 Å². The second kappa shape index (κ2) is 5.52. The largest absolute Gasteiger partial charge is 0.433 e. The average molecular weight is 326 g/mol. The van der Waals surface area contributed by atoms with E-state index in [0.29, 0.717) is 10.0 Å². The lowest BCUT2D eigenvalue weighted by Gasteiger charge is -2.08. The molecule has 0 atom stereocenters. The monoisotopic (exact) mass is 325 g/mol. The third kappa shape index (κ3) is 3.71. The molecule has 2 heterocycles. The first-order valence-corrected chi connectivity index (χ1v) is 6.33. The molecule has 0 saturated carbocycles. The van der Waals surface area contributed by atoms with Crippen LogP contribution in [0.3, 0.4) is 0 Å². The van der Waals surface area contributed by atoms with Crippen LogP contribution in [-0.2, 0) is 6.18 Å². The molecule has 0 unspecified atom stereocenters. The zero-order valence-electron chi connectivity index (χ0n) is 8.95. The maximum atomic E-state index is 12.6. The third-order valence-corrected chi connectivity index (χ3v) is 3.41. The van der Waals surface area contributed by atoms with E-state index in [1.54, 1.807) is 12.1 Å². The van der Waals surface area contributed by atoms with Gasteiger partial charge in [0.05, 0.1) is 5.02 Å². The lowest BCUT2D eigenvalue weighted by molar-refractivity contribution is -0.141. The van der Waals surface area contributed by atoms with Gasteiger partial charge in [0.25, 0.3) is 0 Å². The summed E-state index contributed by atoms with van der Waals surface area (Å²) in [5.74, 6) is 0. The molecule has 0 N–H and O–H groups in total. The SMILES string of the molecule is FC(F)(F)c1cc(Sc2ncccc2Cl)nc(Cl)n1. The Morgan fingerprint density at radius 2 is 1.89 bits per heavy atom. The molecule has 0 aromatic carbocycles. The molecule has 2 aromatic heterocycles. The Labute approximate surface area is 120 Å². The summed E-state index contributed by atoms with van der Waals surface area (Å²) < 4.78 is 37.7. The van der Waals surface area contributed by atoms with Crippen LogP contribution in [0.5, 0.6) is 0 Å². The first-order valence-electron chi connectivity index (χ1n) is 4.76. The van der Waals surface area contributed by atoms with E-state index in [-0.39, 0.29) is 5.03 Å². The summed E-state index contributed by atoms with van der Waals surface area (Å²) in [6, 6.07) is 3.98. The van der Waals surface area contributed by atoms with E-state index in [9.17, 15) is 13.2 Å². The van der Waals surface area contributed by atoms with Gasteiger partial charge in [0, 0.05) is 12.3 Å². The molecule has 0 aliphatic rings. The van der Waals surface area contributed by atoms with Crippen molar-refractivity contribution in [3.63, 3.8) is 0 Å². The molecule has 2 aromatic rings. The van der Waals surface area contributed by atoms with Gasteiger partial charge < -0.3 is 0 Å². The maximum Gasteiger partial charge on any atom is 0.433 e. The van der Waals surface area contributed by atoms with E-state index in [1.165, 1.54) is 6.20 Å². The Morgan fingerprint density at radius 1 is 1.16 bits per heavy atom. The van der Waals surface area contributed by atoms with Gasteiger partial charge in [0.2, 0.25) is 5.28 Å². The topological polar surface area (TPSA) is 38.7 Å². The Bertz CT molecular complexity index is 607. The van der Waals surface area contributed by atoms with Crippen molar-refractivity contribution in [3.05, 3.63) is 40.4 Å². The fraction of sp³-hybridized carbons (Fsp3) is 0.100. The van der Waals surface area contributed by atoms with E-state index in [4.69, 9.17) is 23.2 Å². The maximum absolute atomic E-state index is 12.6. The molecular formula is C10H4Cl2F3N3S. The third-order valence-electron chi connectivity index (χ3n) is 1.89. The van der Waals surface area contributed by atoms with Gasteiger partial charge in [-0.15, -0.1) is 0 Å². The van der Waals surface area contributed by atoms with Crippen LogP contribution in [0.1, 0.15) is 5.69 Å². The zero-order chi connectivity index (χ0) is 14.0. The van der Waals surface area contributed by atoms with Gasteiger partial charge in [-0.05, 0) is 35.5 Å². The average Bonchev–Trinajstić information content (AvgIpc) is 2.30. The minimum absolute atomic E-state index is 0.0212. The second-order valence-electron chi connectivity index (χ2n) is 3.25. The molecule has 19 heavy (non-hydrogen) atoms. The standard InChI is InChI=1S/C10H4Cl2F3N3S/c11-5-2-1-3-16-8(5)19-7-4-6(10(13,14)15)17-9(12)18-7/h1-4H. The molecule has 100 valence electrons. The first-order chi connectivity index (χ1) is 8.86. The van der Waals surface area contributed by atoms with Crippen molar-refractivity contribution in [2.75, 3.05) is 0 Å². The van der Waals surface area contributed by atoms with Crippen molar-refractivity contribution >= 4 is 35.0 Å². The highest BCUT2D eigenvalue weighted by atomic mass is 35.5. The van der Waals surface area contributed by atoms with Crippen LogP contribution in [0.2, 0.25) is 10.3 Å². The summed E-state index contributed by atoms with van der Waals surface area (Å²) in [7, 11) is 0. The second-order valence-corrected chi connectivity index (χ2v) is 5.01. The van der Waals surface area contributed by atoms with Crippen molar-refractivity contribution in [1.82, 2.24) is 15.0 Å². The van der Waals surface area contributed by atoms with Crippen molar-refractivity contribution < 1.29 is 13.2 Å². The zero-order valence-corrected chi connectivity index (χ0v) is 11.3. The highest BCUT2D eigenvalue weighted by molar-refractivity contribution is 7.99. The number of pyridine rings is 1. The van der Waals surface area contributed by atoms with Gasteiger partial charge in [-0.25, -0.2) is 15.0 Å². The normalized spacial score (nSPS) is 11.6. The number of rotatable bonds is 2. The van der Waals surface area contributed by atoms with Gasteiger partial charge in [-0.2, -0.15) is 13.2 Å². The molecule has 0 amide bonds. The van der Waals surface area contributed by atoms with Gasteiger partial charge in [0.15, 0.2) is 5.69 Å². The number of hydrogen-bond acceptors (Lipinski definition) is 4. The fourth-order valence-corrected chi connectivity index (χ4v) is 2.39. The van der Waals surface area contributed by atoms with Crippen molar-refractivity contribution in [3.8, 4) is 0 Å². The summed E-state index contributed by atoms with van der Waals surface area (Å²) in [6.45, 7) is 0. The molecule has 0 aliphatic heterocycles. The van der Waals surface area contributed by atoms with E-state index in [2.05, 4.69) is 15.0 Å². The van der Waals surface area contributed by atoms with Crippen molar-refractivity contribution in [2.45, 2.75) is 16.2 Å². The number of alkyl halides is 3. The van der Waals surface area contributed by atoms with Crippen LogP contribution < -0.4 is 0 Å². The van der Waals surface area contributed by atoms with E-state index >= 15 is 0 Å². The number of aromatic nitrogens is 3. The molecule has 0 bridgehead atoms. The molecular weight excluding hydrogens is 322 g/mol. The lowest BCUT2D eigenvalue weighted by atomic mass is 10.4.